The number of rotatable bonds is 8. The molecule has 11 nitrogen and oxygen atoms in total. The number of methoxy groups -OCH3 is 1. The lowest BCUT2D eigenvalue weighted by Crippen LogP contribution is -2.53. The minimum Gasteiger partial charge on any atom is -0.497 e. The summed E-state index contributed by atoms with van der Waals surface area (Å²) in [4.78, 5) is 54.7. The summed E-state index contributed by atoms with van der Waals surface area (Å²) in [7, 11) is 3.18. The average molecular weight is 589 g/mol. The number of ether oxygens (including phenoxy) is 3. The van der Waals surface area contributed by atoms with Gasteiger partial charge < -0.3 is 35.1 Å². The molecule has 0 fully saturated rings. The highest BCUT2D eigenvalue weighted by atomic mass is 16.5. The Bertz CT molecular complexity index is 1420. The van der Waals surface area contributed by atoms with E-state index < -0.39 is 29.8 Å². The third-order valence-corrected chi connectivity index (χ3v) is 6.83. The van der Waals surface area contributed by atoms with Crippen LogP contribution in [-0.4, -0.2) is 81.1 Å². The Balaban J connectivity index is 1.50. The first-order chi connectivity index (χ1) is 20.8. The number of para-hydroxylation sites is 1. The molecular formula is C32H36N4O7. The van der Waals surface area contributed by atoms with Gasteiger partial charge in [-0.2, -0.15) is 0 Å². The van der Waals surface area contributed by atoms with E-state index in [1.807, 2.05) is 30.3 Å². The highest BCUT2D eigenvalue weighted by Gasteiger charge is 2.30. The second-order valence-electron chi connectivity index (χ2n) is 9.96. The summed E-state index contributed by atoms with van der Waals surface area (Å²) >= 11 is 0. The van der Waals surface area contributed by atoms with Gasteiger partial charge in [-0.1, -0.05) is 48.5 Å². The van der Waals surface area contributed by atoms with Gasteiger partial charge in [0, 0.05) is 19.5 Å². The Morgan fingerprint density at radius 1 is 0.977 bits per heavy atom. The first-order valence-electron chi connectivity index (χ1n) is 14.0. The summed E-state index contributed by atoms with van der Waals surface area (Å²) in [6.45, 7) is 0.612. The lowest BCUT2D eigenvalue weighted by Gasteiger charge is -2.26. The third kappa shape index (κ3) is 8.96. The summed E-state index contributed by atoms with van der Waals surface area (Å²) in [5.74, 6) is -0.508. The second-order valence-corrected chi connectivity index (χ2v) is 9.96. The molecule has 43 heavy (non-hydrogen) atoms. The van der Waals surface area contributed by atoms with Crippen molar-refractivity contribution in [1.29, 1.82) is 0 Å². The van der Waals surface area contributed by atoms with E-state index in [0.29, 0.717) is 17.2 Å². The molecular weight excluding hydrogens is 552 g/mol. The first kappa shape index (κ1) is 30.9. The van der Waals surface area contributed by atoms with Gasteiger partial charge in [-0.05, 0) is 29.8 Å². The van der Waals surface area contributed by atoms with Crippen molar-refractivity contribution < 1.29 is 33.4 Å². The van der Waals surface area contributed by atoms with Crippen molar-refractivity contribution in [3.8, 4) is 17.2 Å². The summed E-state index contributed by atoms with van der Waals surface area (Å²) < 4.78 is 16.7. The Labute approximate surface area is 250 Å². The molecule has 3 aromatic rings. The summed E-state index contributed by atoms with van der Waals surface area (Å²) in [5.41, 5.74) is 1.06. The van der Waals surface area contributed by atoms with E-state index in [1.165, 1.54) is 4.90 Å². The van der Waals surface area contributed by atoms with E-state index in [4.69, 9.17) is 14.2 Å². The van der Waals surface area contributed by atoms with Crippen LogP contribution in [0.1, 0.15) is 22.3 Å². The van der Waals surface area contributed by atoms with Gasteiger partial charge in [0.15, 0.2) is 0 Å². The van der Waals surface area contributed by atoms with Crippen molar-refractivity contribution in [3.63, 3.8) is 0 Å². The molecule has 0 aromatic heterocycles. The normalized spacial score (nSPS) is 17.8. The molecule has 0 saturated heterocycles. The van der Waals surface area contributed by atoms with Crippen molar-refractivity contribution in [3.05, 3.63) is 90.0 Å². The molecule has 0 spiro atoms. The fraction of sp³-hybridized carbons (Fsp3) is 0.312. The summed E-state index contributed by atoms with van der Waals surface area (Å²) in [6, 6.07) is 20.8. The van der Waals surface area contributed by atoms with Crippen LogP contribution in [0.3, 0.4) is 0 Å². The standard InChI is InChI=1S/C32H36N4O7/c1-36-16-18-43-28-14-7-6-13-25(28)30(38)35-26(31(39)33-15-17-42-24-12-8-11-23(20-24)41-2)21-29(37)34-27(32(36)40)19-22-9-4-3-5-10-22/h3-14,20,26-27H,15-19,21H2,1-2H3,(H,33,39)(H,34,37)(H,35,38)/t26-,27-/m0/s1. The summed E-state index contributed by atoms with van der Waals surface area (Å²) in [5, 5.41) is 8.17. The fourth-order valence-corrected chi connectivity index (χ4v) is 4.54. The zero-order valence-corrected chi connectivity index (χ0v) is 24.2. The van der Waals surface area contributed by atoms with Gasteiger partial charge in [-0.3, -0.25) is 19.2 Å². The van der Waals surface area contributed by atoms with E-state index in [2.05, 4.69) is 16.0 Å². The molecule has 1 aliphatic rings. The molecule has 3 N–H and O–H groups in total. The molecule has 0 radical (unpaired) electrons. The Morgan fingerprint density at radius 2 is 1.72 bits per heavy atom. The van der Waals surface area contributed by atoms with Gasteiger partial charge >= 0.3 is 0 Å². The van der Waals surface area contributed by atoms with E-state index in [0.717, 1.165) is 5.56 Å². The van der Waals surface area contributed by atoms with Gasteiger partial charge in [-0.15, -0.1) is 0 Å². The van der Waals surface area contributed by atoms with Crippen LogP contribution >= 0.6 is 0 Å². The van der Waals surface area contributed by atoms with Gasteiger partial charge in [0.25, 0.3) is 5.91 Å². The third-order valence-electron chi connectivity index (χ3n) is 6.83. The molecule has 1 aliphatic heterocycles. The van der Waals surface area contributed by atoms with Gasteiger partial charge in [-0.25, -0.2) is 0 Å². The quantitative estimate of drug-likeness (QED) is 0.343. The van der Waals surface area contributed by atoms with Crippen molar-refractivity contribution >= 4 is 23.6 Å². The zero-order chi connectivity index (χ0) is 30.6. The van der Waals surface area contributed by atoms with Crippen LogP contribution in [-0.2, 0) is 20.8 Å². The van der Waals surface area contributed by atoms with Crippen molar-refractivity contribution in [2.24, 2.45) is 0 Å². The Morgan fingerprint density at radius 3 is 2.51 bits per heavy atom. The predicted octanol–water partition coefficient (Wildman–Crippen LogP) is 1.96. The Hall–Kier alpha value is -5.06. The van der Waals surface area contributed by atoms with Crippen molar-refractivity contribution in [2.45, 2.75) is 24.9 Å². The van der Waals surface area contributed by atoms with E-state index in [9.17, 15) is 19.2 Å². The fourth-order valence-electron chi connectivity index (χ4n) is 4.54. The summed E-state index contributed by atoms with van der Waals surface area (Å²) in [6.07, 6.45) is -0.135. The number of hydrogen-bond acceptors (Lipinski definition) is 7. The number of hydrogen-bond donors (Lipinski definition) is 3. The van der Waals surface area contributed by atoms with Crippen LogP contribution in [0, 0.1) is 0 Å². The number of amides is 4. The minimum absolute atomic E-state index is 0.115. The number of nitrogens with one attached hydrogen (secondary N) is 3. The number of likely N-dealkylation sites (N-methyl/N-ethyl adjacent to an activating group) is 1. The maximum absolute atomic E-state index is 13.4. The number of fused-ring (bicyclic) bond motifs is 1. The molecule has 4 rings (SSSR count). The minimum atomic E-state index is -1.23. The highest BCUT2D eigenvalue weighted by Crippen LogP contribution is 2.20. The average Bonchev–Trinajstić information content (AvgIpc) is 3.02. The predicted molar refractivity (Wildman–Crippen MR) is 159 cm³/mol. The monoisotopic (exact) mass is 588 g/mol. The molecule has 0 bridgehead atoms. The van der Waals surface area contributed by atoms with Crippen LogP contribution in [0.4, 0.5) is 0 Å². The van der Waals surface area contributed by atoms with E-state index in [-0.39, 0.29) is 50.6 Å². The zero-order valence-electron chi connectivity index (χ0n) is 24.2. The van der Waals surface area contributed by atoms with Crippen molar-refractivity contribution in [2.75, 3.05) is 40.5 Å². The van der Waals surface area contributed by atoms with E-state index in [1.54, 1.807) is 62.7 Å². The SMILES string of the molecule is COc1cccc(OCCNC(=O)[C@@H]2CC(=O)N[C@@H](Cc3ccccc3)C(=O)N(C)CCOc3ccccc3C(=O)N2)c1. The van der Waals surface area contributed by atoms with Crippen LogP contribution in [0.2, 0.25) is 0 Å². The van der Waals surface area contributed by atoms with Crippen LogP contribution in [0.5, 0.6) is 17.2 Å². The molecule has 226 valence electrons. The molecule has 0 unspecified atom stereocenters. The molecule has 1 heterocycles. The maximum Gasteiger partial charge on any atom is 0.255 e. The first-order valence-corrected chi connectivity index (χ1v) is 14.0. The molecule has 0 saturated carbocycles. The number of nitrogens with zero attached hydrogens (tertiary/aromatic N) is 1. The highest BCUT2D eigenvalue weighted by molar-refractivity contribution is 6.01. The molecule has 11 heteroatoms. The topological polar surface area (TPSA) is 135 Å². The number of benzene rings is 3. The molecule has 4 amide bonds. The molecule has 0 aliphatic carbocycles. The van der Waals surface area contributed by atoms with E-state index >= 15 is 0 Å². The van der Waals surface area contributed by atoms with Crippen LogP contribution < -0.4 is 30.2 Å². The lowest BCUT2D eigenvalue weighted by molar-refractivity contribution is -0.136. The molecule has 3 aromatic carbocycles. The number of carbonyl (C=O) groups is 4. The molecule has 2 atom stereocenters. The maximum atomic E-state index is 13.4. The Kier molecular flexibility index (Phi) is 11.0. The van der Waals surface area contributed by atoms with Crippen LogP contribution in [0.15, 0.2) is 78.9 Å². The number of carbonyl (C=O) groups excluding carboxylic acids is 4. The van der Waals surface area contributed by atoms with Gasteiger partial charge in [0.2, 0.25) is 17.7 Å². The van der Waals surface area contributed by atoms with Crippen molar-refractivity contribution in [1.82, 2.24) is 20.9 Å². The smallest absolute Gasteiger partial charge is 0.255 e. The second kappa shape index (κ2) is 15.2. The lowest BCUT2D eigenvalue weighted by atomic mass is 10.0. The van der Waals surface area contributed by atoms with Gasteiger partial charge in [0.1, 0.15) is 42.5 Å². The largest absolute Gasteiger partial charge is 0.497 e. The van der Waals surface area contributed by atoms with Crippen LogP contribution in [0.25, 0.3) is 0 Å². The van der Waals surface area contributed by atoms with Gasteiger partial charge in [0.05, 0.1) is 32.2 Å².